The summed E-state index contributed by atoms with van der Waals surface area (Å²) in [6.07, 6.45) is -2.91. The van der Waals surface area contributed by atoms with Gasteiger partial charge < -0.3 is 20.4 Å². The van der Waals surface area contributed by atoms with E-state index >= 15 is 0 Å². The minimum atomic E-state index is -4.76. The smallest absolute Gasteiger partial charge is 0.418 e. The van der Waals surface area contributed by atoms with Gasteiger partial charge in [0.25, 0.3) is 5.91 Å². The number of hydrogen-bond acceptors (Lipinski definition) is 6. The van der Waals surface area contributed by atoms with E-state index in [4.69, 9.17) is 4.42 Å². The lowest BCUT2D eigenvalue weighted by Crippen LogP contribution is -2.42. The average molecular weight is 480 g/mol. The van der Waals surface area contributed by atoms with Gasteiger partial charge in [-0.3, -0.25) is 14.9 Å². The summed E-state index contributed by atoms with van der Waals surface area (Å²) < 4.78 is 45.4. The number of urea groups is 1. The van der Waals surface area contributed by atoms with E-state index in [2.05, 4.69) is 16.0 Å². The zero-order valence-electron chi connectivity index (χ0n) is 17.0. The predicted molar refractivity (Wildman–Crippen MR) is 116 cm³/mol. The van der Waals surface area contributed by atoms with Crippen molar-refractivity contribution in [2.24, 2.45) is 0 Å². The minimum absolute atomic E-state index is 0.0592. The van der Waals surface area contributed by atoms with Crippen LogP contribution in [0.1, 0.15) is 21.0 Å². The van der Waals surface area contributed by atoms with Crippen molar-refractivity contribution in [2.75, 3.05) is 23.7 Å². The fourth-order valence-electron chi connectivity index (χ4n) is 2.76. The van der Waals surface area contributed by atoms with Crippen LogP contribution in [0.5, 0.6) is 0 Å². The van der Waals surface area contributed by atoms with E-state index in [0.717, 1.165) is 17.0 Å². The molecule has 0 radical (unpaired) electrons. The highest BCUT2D eigenvalue weighted by Gasteiger charge is 2.34. The van der Waals surface area contributed by atoms with Crippen LogP contribution in [0.4, 0.5) is 29.3 Å². The maximum Gasteiger partial charge on any atom is 0.418 e. The Bertz CT molecular complexity index is 1100. The average Bonchev–Trinajstić information content (AvgIpc) is 3.46. The molecule has 4 N–H and O–H groups in total. The number of nitrogens with one attached hydrogen (secondary N) is 4. The van der Waals surface area contributed by atoms with Crippen LogP contribution >= 0.6 is 11.3 Å². The maximum absolute atomic E-state index is 13.5. The molecule has 0 bridgehead atoms. The molecule has 4 amide bonds. The van der Waals surface area contributed by atoms with Gasteiger partial charge in [0.1, 0.15) is 0 Å². The lowest BCUT2D eigenvalue weighted by molar-refractivity contribution is -0.137. The van der Waals surface area contributed by atoms with Crippen LogP contribution in [-0.2, 0) is 17.4 Å². The van der Waals surface area contributed by atoms with Crippen LogP contribution < -0.4 is 21.3 Å². The molecule has 0 saturated carbocycles. The van der Waals surface area contributed by atoms with E-state index in [1.165, 1.54) is 35.8 Å². The van der Waals surface area contributed by atoms with Crippen molar-refractivity contribution < 1.29 is 32.0 Å². The number of imide groups is 1. The monoisotopic (exact) mass is 480 g/mol. The fraction of sp³-hybridized carbons (Fsp3) is 0.190. The summed E-state index contributed by atoms with van der Waals surface area (Å²) in [5, 5.41) is 11.1. The van der Waals surface area contributed by atoms with E-state index in [0.29, 0.717) is 13.0 Å². The Balaban J connectivity index is 1.54. The molecule has 8 nitrogen and oxygen atoms in total. The summed E-state index contributed by atoms with van der Waals surface area (Å²) in [5.41, 5.74) is -1.58. The van der Waals surface area contributed by atoms with E-state index < -0.39 is 36.1 Å². The molecule has 0 spiro atoms. The molecular weight excluding hydrogens is 461 g/mol. The van der Waals surface area contributed by atoms with Crippen molar-refractivity contribution in [2.45, 2.75) is 12.6 Å². The van der Waals surface area contributed by atoms with Gasteiger partial charge in [0, 0.05) is 22.8 Å². The third kappa shape index (κ3) is 7.10. The van der Waals surface area contributed by atoms with E-state index in [1.807, 2.05) is 22.8 Å². The molecule has 1 aromatic carbocycles. The molecule has 0 aliphatic rings. The topological polar surface area (TPSA) is 112 Å². The molecule has 2 aromatic heterocycles. The lowest BCUT2D eigenvalue weighted by Gasteiger charge is -2.16. The van der Waals surface area contributed by atoms with Crippen LogP contribution in [0, 0.1) is 0 Å². The molecule has 0 atom stereocenters. The Hall–Kier alpha value is -3.80. The summed E-state index contributed by atoms with van der Waals surface area (Å²) in [7, 11) is 0. The first kappa shape index (κ1) is 23.9. The standard InChI is InChI=1S/C21H19F3N4O4S/c22-21(23,24)15-11-13(27-19(30)17-4-1-9-32-17)5-6-16(15)26-12-18(29)28-20(31)25-8-7-14-3-2-10-33-14/h1-6,9-11,26H,7-8,12H2,(H,27,30)(H2,25,28,29,31). The number of benzene rings is 1. The number of carbonyl (C=O) groups is 3. The molecule has 12 heteroatoms. The highest BCUT2D eigenvalue weighted by atomic mass is 32.1. The largest absolute Gasteiger partial charge is 0.459 e. The molecule has 0 unspecified atom stereocenters. The van der Waals surface area contributed by atoms with Gasteiger partial charge in [-0.2, -0.15) is 13.2 Å². The number of halogens is 3. The van der Waals surface area contributed by atoms with Gasteiger partial charge in [-0.05, 0) is 48.2 Å². The Kier molecular flexibility index (Phi) is 7.72. The summed E-state index contributed by atoms with van der Waals surface area (Å²) in [6.45, 7) is -0.268. The summed E-state index contributed by atoms with van der Waals surface area (Å²) >= 11 is 1.53. The quantitative estimate of drug-likeness (QED) is 0.388. The van der Waals surface area contributed by atoms with E-state index in [1.54, 1.807) is 0 Å². The Morgan fingerprint density at radius 1 is 1.06 bits per heavy atom. The fourth-order valence-corrected chi connectivity index (χ4v) is 3.46. The first-order valence-corrected chi connectivity index (χ1v) is 10.5. The maximum atomic E-state index is 13.5. The first-order valence-electron chi connectivity index (χ1n) is 9.62. The van der Waals surface area contributed by atoms with Crippen molar-refractivity contribution in [3.63, 3.8) is 0 Å². The second-order valence-electron chi connectivity index (χ2n) is 6.68. The minimum Gasteiger partial charge on any atom is -0.459 e. The van der Waals surface area contributed by atoms with Crippen molar-refractivity contribution >= 4 is 40.6 Å². The number of rotatable bonds is 8. The molecule has 0 aliphatic heterocycles. The molecular formula is C21H19F3N4O4S. The van der Waals surface area contributed by atoms with Crippen LogP contribution in [0.3, 0.4) is 0 Å². The van der Waals surface area contributed by atoms with Crippen LogP contribution in [0.15, 0.2) is 58.5 Å². The number of furan rings is 1. The van der Waals surface area contributed by atoms with Gasteiger partial charge in [0.05, 0.1) is 18.4 Å². The zero-order valence-corrected chi connectivity index (χ0v) is 17.8. The molecule has 0 fully saturated rings. The summed E-state index contributed by atoms with van der Waals surface area (Å²) in [6, 6.07) is 8.94. The van der Waals surface area contributed by atoms with Gasteiger partial charge in [-0.15, -0.1) is 11.3 Å². The second kappa shape index (κ2) is 10.7. The predicted octanol–water partition coefficient (Wildman–Crippen LogP) is 4.09. The highest BCUT2D eigenvalue weighted by molar-refractivity contribution is 7.09. The second-order valence-corrected chi connectivity index (χ2v) is 7.71. The van der Waals surface area contributed by atoms with Crippen molar-refractivity contribution in [1.82, 2.24) is 10.6 Å². The Morgan fingerprint density at radius 2 is 1.88 bits per heavy atom. The Labute approximate surface area is 190 Å². The van der Waals surface area contributed by atoms with Gasteiger partial charge in [-0.25, -0.2) is 4.79 Å². The number of alkyl halides is 3. The summed E-state index contributed by atoms with van der Waals surface area (Å²) in [5.74, 6) is -1.58. The van der Waals surface area contributed by atoms with Gasteiger partial charge in [0.2, 0.25) is 5.91 Å². The number of amides is 4. The molecule has 3 aromatic rings. The van der Waals surface area contributed by atoms with Gasteiger partial charge in [0.15, 0.2) is 5.76 Å². The number of anilines is 2. The lowest BCUT2D eigenvalue weighted by atomic mass is 10.1. The van der Waals surface area contributed by atoms with Crippen LogP contribution in [0.25, 0.3) is 0 Å². The molecule has 174 valence electrons. The number of hydrogen-bond donors (Lipinski definition) is 4. The Morgan fingerprint density at radius 3 is 2.55 bits per heavy atom. The third-order valence-corrected chi connectivity index (χ3v) is 5.19. The van der Waals surface area contributed by atoms with E-state index in [9.17, 15) is 27.6 Å². The number of thiophene rings is 1. The highest BCUT2D eigenvalue weighted by Crippen LogP contribution is 2.36. The normalized spacial score (nSPS) is 11.0. The SMILES string of the molecule is O=C(CNc1ccc(NC(=O)c2ccco2)cc1C(F)(F)F)NC(=O)NCCc1cccs1. The zero-order chi connectivity index (χ0) is 23.8. The number of carbonyl (C=O) groups excluding carboxylic acids is 3. The molecule has 0 saturated heterocycles. The molecule has 3 rings (SSSR count). The van der Waals surface area contributed by atoms with Crippen LogP contribution in [0.2, 0.25) is 0 Å². The molecule has 2 heterocycles. The summed E-state index contributed by atoms with van der Waals surface area (Å²) in [4.78, 5) is 36.8. The van der Waals surface area contributed by atoms with E-state index in [-0.39, 0.29) is 17.1 Å². The molecule has 0 aliphatic carbocycles. The van der Waals surface area contributed by atoms with Gasteiger partial charge >= 0.3 is 12.2 Å². The first-order chi connectivity index (χ1) is 15.7. The van der Waals surface area contributed by atoms with Crippen molar-refractivity contribution in [1.29, 1.82) is 0 Å². The van der Waals surface area contributed by atoms with Crippen LogP contribution in [-0.4, -0.2) is 30.9 Å². The van der Waals surface area contributed by atoms with Crippen molar-refractivity contribution in [3.8, 4) is 0 Å². The van der Waals surface area contributed by atoms with Gasteiger partial charge in [-0.1, -0.05) is 6.07 Å². The van der Waals surface area contributed by atoms with Crippen molar-refractivity contribution in [3.05, 3.63) is 70.3 Å². The molecule has 33 heavy (non-hydrogen) atoms. The third-order valence-electron chi connectivity index (χ3n) is 4.26.